The van der Waals surface area contributed by atoms with Gasteiger partial charge in [-0.05, 0) is 30.7 Å². The van der Waals surface area contributed by atoms with Crippen molar-refractivity contribution in [3.05, 3.63) is 53.6 Å². The summed E-state index contributed by atoms with van der Waals surface area (Å²) in [6, 6.07) is 13.6. The van der Waals surface area contributed by atoms with E-state index in [2.05, 4.69) is 0 Å². The Morgan fingerprint density at radius 2 is 1.78 bits per heavy atom. The van der Waals surface area contributed by atoms with Crippen molar-refractivity contribution in [2.75, 3.05) is 7.11 Å². The van der Waals surface area contributed by atoms with Crippen LogP contribution < -0.4 is 15.2 Å². The van der Waals surface area contributed by atoms with Crippen LogP contribution in [0.2, 0.25) is 0 Å². The molecular weight excluding hydrogens is 226 g/mol. The number of aryl methyl sites for hydroxylation is 1. The van der Waals surface area contributed by atoms with E-state index >= 15 is 0 Å². The summed E-state index contributed by atoms with van der Waals surface area (Å²) in [5.74, 6) is 2.19. The fraction of sp³-hybridized carbons (Fsp3) is 0.200. The Morgan fingerprint density at radius 3 is 2.50 bits per heavy atom. The molecule has 2 rings (SSSR count). The summed E-state index contributed by atoms with van der Waals surface area (Å²) >= 11 is 0. The number of hydrogen-bond donors (Lipinski definition) is 1. The largest absolute Gasteiger partial charge is 0.493 e. The number of para-hydroxylation sites is 1. The number of ether oxygens (including phenoxy) is 2. The molecule has 2 aromatic carbocycles. The molecule has 0 bridgehead atoms. The Balaban J connectivity index is 2.33. The summed E-state index contributed by atoms with van der Waals surface area (Å²) in [7, 11) is 1.64. The van der Waals surface area contributed by atoms with Crippen LogP contribution in [0.5, 0.6) is 17.2 Å². The number of methoxy groups -OCH3 is 1. The molecule has 18 heavy (non-hydrogen) atoms. The molecule has 0 fully saturated rings. The van der Waals surface area contributed by atoms with E-state index in [0.717, 1.165) is 22.6 Å². The van der Waals surface area contributed by atoms with Gasteiger partial charge in [-0.1, -0.05) is 24.3 Å². The maximum atomic E-state index is 5.87. The molecule has 3 nitrogen and oxygen atoms in total. The third kappa shape index (κ3) is 2.63. The Kier molecular flexibility index (Phi) is 3.85. The molecule has 0 radical (unpaired) electrons. The lowest BCUT2D eigenvalue weighted by atomic mass is 10.2. The highest BCUT2D eigenvalue weighted by atomic mass is 16.5. The first kappa shape index (κ1) is 12.5. The second kappa shape index (κ2) is 5.56. The molecule has 0 heterocycles. The van der Waals surface area contributed by atoms with Crippen LogP contribution in [-0.4, -0.2) is 7.11 Å². The quantitative estimate of drug-likeness (QED) is 0.896. The standard InChI is InChI=1S/C15H17NO2/c1-11-7-8-14(15(9-11)17-2)18-13-6-4-3-5-12(13)10-16/h3-9H,10,16H2,1-2H3. The normalized spacial score (nSPS) is 10.2. The number of benzene rings is 2. The van der Waals surface area contributed by atoms with E-state index in [1.807, 2.05) is 49.4 Å². The lowest BCUT2D eigenvalue weighted by molar-refractivity contribution is 0.377. The third-order valence-electron chi connectivity index (χ3n) is 2.73. The Bertz CT molecular complexity index is 538. The predicted molar refractivity (Wildman–Crippen MR) is 72.1 cm³/mol. The average Bonchev–Trinajstić information content (AvgIpc) is 2.41. The van der Waals surface area contributed by atoms with Crippen molar-refractivity contribution >= 4 is 0 Å². The highest BCUT2D eigenvalue weighted by molar-refractivity contribution is 5.46. The van der Waals surface area contributed by atoms with Crippen LogP contribution in [0.4, 0.5) is 0 Å². The van der Waals surface area contributed by atoms with Gasteiger partial charge < -0.3 is 15.2 Å². The zero-order chi connectivity index (χ0) is 13.0. The third-order valence-corrected chi connectivity index (χ3v) is 2.73. The van der Waals surface area contributed by atoms with Crippen LogP contribution in [0.15, 0.2) is 42.5 Å². The topological polar surface area (TPSA) is 44.5 Å². The van der Waals surface area contributed by atoms with E-state index in [-0.39, 0.29) is 0 Å². The van der Waals surface area contributed by atoms with Crippen LogP contribution in [0.25, 0.3) is 0 Å². The van der Waals surface area contributed by atoms with Gasteiger partial charge in [-0.25, -0.2) is 0 Å². The van der Waals surface area contributed by atoms with Gasteiger partial charge >= 0.3 is 0 Å². The van der Waals surface area contributed by atoms with Crippen LogP contribution in [-0.2, 0) is 6.54 Å². The highest BCUT2D eigenvalue weighted by Gasteiger charge is 2.08. The van der Waals surface area contributed by atoms with E-state index in [4.69, 9.17) is 15.2 Å². The van der Waals surface area contributed by atoms with Crippen molar-refractivity contribution in [3.8, 4) is 17.2 Å². The Hall–Kier alpha value is -2.00. The maximum absolute atomic E-state index is 5.87. The molecule has 0 saturated heterocycles. The van der Waals surface area contributed by atoms with Gasteiger partial charge in [-0.2, -0.15) is 0 Å². The zero-order valence-corrected chi connectivity index (χ0v) is 10.6. The number of hydrogen-bond acceptors (Lipinski definition) is 3. The molecule has 3 heteroatoms. The van der Waals surface area contributed by atoms with Crippen molar-refractivity contribution in [1.29, 1.82) is 0 Å². The van der Waals surface area contributed by atoms with E-state index in [9.17, 15) is 0 Å². The molecule has 0 aliphatic carbocycles. The average molecular weight is 243 g/mol. The minimum absolute atomic E-state index is 0.449. The van der Waals surface area contributed by atoms with Crippen LogP contribution in [0.1, 0.15) is 11.1 Å². The number of rotatable bonds is 4. The van der Waals surface area contributed by atoms with Gasteiger partial charge in [0.25, 0.3) is 0 Å². The summed E-state index contributed by atoms with van der Waals surface area (Å²) in [6.07, 6.45) is 0. The van der Waals surface area contributed by atoms with E-state index in [1.54, 1.807) is 7.11 Å². The van der Waals surface area contributed by atoms with Gasteiger partial charge in [0.15, 0.2) is 11.5 Å². The monoisotopic (exact) mass is 243 g/mol. The van der Waals surface area contributed by atoms with Gasteiger partial charge in [0.2, 0.25) is 0 Å². The lowest BCUT2D eigenvalue weighted by Crippen LogP contribution is -1.99. The highest BCUT2D eigenvalue weighted by Crippen LogP contribution is 2.33. The molecule has 94 valence electrons. The smallest absolute Gasteiger partial charge is 0.169 e. The summed E-state index contributed by atoms with van der Waals surface area (Å²) < 4.78 is 11.2. The van der Waals surface area contributed by atoms with Gasteiger partial charge in [0.1, 0.15) is 5.75 Å². The summed E-state index contributed by atoms with van der Waals surface area (Å²) in [6.45, 7) is 2.46. The Morgan fingerprint density at radius 1 is 1.00 bits per heavy atom. The molecule has 0 saturated carbocycles. The van der Waals surface area contributed by atoms with Crippen LogP contribution in [0, 0.1) is 6.92 Å². The number of nitrogens with two attached hydrogens (primary N) is 1. The maximum Gasteiger partial charge on any atom is 0.169 e. The summed E-state index contributed by atoms with van der Waals surface area (Å²) in [4.78, 5) is 0. The van der Waals surface area contributed by atoms with Gasteiger partial charge in [0.05, 0.1) is 7.11 Å². The molecule has 0 aromatic heterocycles. The fourth-order valence-corrected chi connectivity index (χ4v) is 1.75. The summed E-state index contributed by atoms with van der Waals surface area (Å²) in [5, 5.41) is 0. The molecule has 2 aromatic rings. The fourth-order valence-electron chi connectivity index (χ4n) is 1.75. The van der Waals surface area contributed by atoms with E-state index in [0.29, 0.717) is 12.3 Å². The first-order chi connectivity index (χ1) is 8.74. The molecule has 0 aliphatic rings. The minimum atomic E-state index is 0.449. The van der Waals surface area contributed by atoms with E-state index in [1.165, 1.54) is 0 Å². The van der Waals surface area contributed by atoms with Crippen molar-refractivity contribution in [1.82, 2.24) is 0 Å². The second-order valence-electron chi connectivity index (χ2n) is 4.07. The van der Waals surface area contributed by atoms with Gasteiger partial charge in [-0.15, -0.1) is 0 Å². The van der Waals surface area contributed by atoms with Crippen LogP contribution >= 0.6 is 0 Å². The van der Waals surface area contributed by atoms with Crippen molar-refractivity contribution < 1.29 is 9.47 Å². The minimum Gasteiger partial charge on any atom is -0.493 e. The molecular formula is C15H17NO2. The van der Waals surface area contributed by atoms with E-state index < -0.39 is 0 Å². The van der Waals surface area contributed by atoms with Crippen molar-refractivity contribution in [3.63, 3.8) is 0 Å². The second-order valence-corrected chi connectivity index (χ2v) is 4.07. The first-order valence-corrected chi connectivity index (χ1v) is 5.85. The summed E-state index contributed by atoms with van der Waals surface area (Å²) in [5.41, 5.74) is 7.79. The molecule has 0 aliphatic heterocycles. The van der Waals surface area contributed by atoms with Crippen molar-refractivity contribution in [2.24, 2.45) is 5.73 Å². The van der Waals surface area contributed by atoms with Crippen molar-refractivity contribution in [2.45, 2.75) is 13.5 Å². The zero-order valence-electron chi connectivity index (χ0n) is 10.6. The molecule has 0 unspecified atom stereocenters. The lowest BCUT2D eigenvalue weighted by Gasteiger charge is -2.13. The molecule has 2 N–H and O–H groups in total. The Labute approximate surface area is 107 Å². The molecule has 0 atom stereocenters. The van der Waals surface area contributed by atoms with Gasteiger partial charge in [0, 0.05) is 12.1 Å². The first-order valence-electron chi connectivity index (χ1n) is 5.85. The predicted octanol–water partition coefficient (Wildman–Crippen LogP) is 3.25. The molecule has 0 spiro atoms. The van der Waals surface area contributed by atoms with Gasteiger partial charge in [-0.3, -0.25) is 0 Å². The SMILES string of the molecule is COc1cc(C)ccc1Oc1ccccc1CN. The molecule has 0 amide bonds. The van der Waals surface area contributed by atoms with Crippen LogP contribution in [0.3, 0.4) is 0 Å².